The number of methoxy groups -OCH3 is 1. The minimum Gasteiger partial charge on any atom is -0.496 e. The summed E-state index contributed by atoms with van der Waals surface area (Å²) in [6.45, 7) is 4.79. The zero-order valence-electron chi connectivity index (χ0n) is 21.9. The Bertz CT molecular complexity index is 1510. The summed E-state index contributed by atoms with van der Waals surface area (Å²) in [5.74, 6) is 0.615. The van der Waals surface area contributed by atoms with Gasteiger partial charge in [-0.1, -0.05) is 36.4 Å². The predicted molar refractivity (Wildman–Crippen MR) is 151 cm³/mol. The molecule has 6 heteroatoms. The van der Waals surface area contributed by atoms with Crippen LogP contribution in [0.15, 0.2) is 66.7 Å². The topological polar surface area (TPSA) is 74.3 Å². The number of hydrogen-bond donors (Lipinski definition) is 2. The summed E-state index contributed by atoms with van der Waals surface area (Å²) in [7, 11) is 1.68. The van der Waals surface area contributed by atoms with Gasteiger partial charge in [-0.2, -0.15) is 5.26 Å². The van der Waals surface area contributed by atoms with Crippen molar-refractivity contribution in [2.45, 2.75) is 25.8 Å². The van der Waals surface area contributed by atoms with E-state index >= 15 is 4.39 Å². The molecular formula is C32H33FN4O. The van der Waals surface area contributed by atoms with Gasteiger partial charge in [-0.3, -0.25) is 4.90 Å². The SMILES string of the molecule is COc1ccc(Cc2ccc(C(CN)N3CCNc4ccc(C#N)cc4CC3)cc2F)c2cccc(C)c12. The molecule has 5 nitrogen and oxygen atoms in total. The number of nitrogens with one attached hydrogen (secondary N) is 1. The molecule has 3 N–H and O–H groups in total. The van der Waals surface area contributed by atoms with Crippen LogP contribution < -0.4 is 15.8 Å². The summed E-state index contributed by atoms with van der Waals surface area (Å²) in [5.41, 5.74) is 12.8. The van der Waals surface area contributed by atoms with Crippen molar-refractivity contribution in [3.63, 3.8) is 0 Å². The average molecular weight is 509 g/mol. The highest BCUT2D eigenvalue weighted by molar-refractivity contribution is 5.94. The number of anilines is 1. The largest absolute Gasteiger partial charge is 0.496 e. The van der Waals surface area contributed by atoms with Gasteiger partial charge in [-0.15, -0.1) is 0 Å². The van der Waals surface area contributed by atoms with Gasteiger partial charge >= 0.3 is 0 Å². The van der Waals surface area contributed by atoms with E-state index in [1.807, 2.05) is 48.5 Å². The van der Waals surface area contributed by atoms with E-state index in [4.69, 9.17) is 10.5 Å². The number of ether oxygens (including phenoxy) is 1. The predicted octanol–water partition coefficient (Wildman–Crippen LogP) is 5.73. The fourth-order valence-corrected chi connectivity index (χ4v) is 5.62. The van der Waals surface area contributed by atoms with Crippen LogP contribution in [0.2, 0.25) is 0 Å². The maximum Gasteiger partial charge on any atom is 0.127 e. The first kappa shape index (κ1) is 25.7. The average Bonchev–Trinajstić information content (AvgIpc) is 2.92. The molecule has 1 aliphatic heterocycles. The number of halogens is 1. The van der Waals surface area contributed by atoms with Gasteiger partial charge in [-0.05, 0) is 76.9 Å². The number of nitriles is 1. The van der Waals surface area contributed by atoms with Crippen molar-refractivity contribution in [3.8, 4) is 11.8 Å². The molecule has 5 rings (SSSR count). The number of nitrogens with zero attached hydrogens (tertiary/aromatic N) is 2. The minimum absolute atomic E-state index is 0.0921. The van der Waals surface area contributed by atoms with E-state index < -0.39 is 0 Å². The third kappa shape index (κ3) is 5.08. The third-order valence-corrected chi connectivity index (χ3v) is 7.64. The van der Waals surface area contributed by atoms with Crippen LogP contribution in [0, 0.1) is 24.1 Å². The van der Waals surface area contributed by atoms with Crippen LogP contribution in [0.3, 0.4) is 0 Å². The Balaban J connectivity index is 1.38. The Kier molecular flexibility index (Phi) is 7.59. The summed E-state index contributed by atoms with van der Waals surface area (Å²) in [4.78, 5) is 2.31. The number of fused-ring (bicyclic) bond motifs is 2. The summed E-state index contributed by atoms with van der Waals surface area (Å²) in [5, 5.41) is 14.9. The van der Waals surface area contributed by atoms with E-state index in [0.29, 0.717) is 24.1 Å². The van der Waals surface area contributed by atoms with E-state index in [1.54, 1.807) is 13.2 Å². The Morgan fingerprint density at radius 2 is 1.92 bits per heavy atom. The molecule has 0 saturated heterocycles. The van der Waals surface area contributed by atoms with E-state index in [9.17, 15) is 5.26 Å². The van der Waals surface area contributed by atoms with Gasteiger partial charge in [0.2, 0.25) is 0 Å². The highest BCUT2D eigenvalue weighted by Gasteiger charge is 2.22. The maximum atomic E-state index is 15.5. The number of rotatable bonds is 6. The van der Waals surface area contributed by atoms with Gasteiger partial charge in [0.05, 0.1) is 18.7 Å². The molecule has 1 aliphatic rings. The first-order valence-electron chi connectivity index (χ1n) is 13.1. The molecule has 38 heavy (non-hydrogen) atoms. The van der Waals surface area contributed by atoms with Crippen molar-refractivity contribution < 1.29 is 9.13 Å². The zero-order chi connectivity index (χ0) is 26.6. The van der Waals surface area contributed by atoms with Crippen LogP contribution in [0.1, 0.15) is 39.4 Å². The van der Waals surface area contributed by atoms with Crippen LogP contribution in [-0.2, 0) is 12.8 Å². The molecule has 0 spiro atoms. The lowest BCUT2D eigenvalue weighted by Crippen LogP contribution is -2.39. The quantitative estimate of drug-likeness (QED) is 0.348. The summed E-state index contributed by atoms with van der Waals surface area (Å²) in [6, 6.07) is 23.6. The highest BCUT2D eigenvalue weighted by atomic mass is 19.1. The normalized spacial score (nSPS) is 14.6. The minimum atomic E-state index is -0.216. The zero-order valence-corrected chi connectivity index (χ0v) is 21.9. The Morgan fingerprint density at radius 1 is 1.08 bits per heavy atom. The summed E-state index contributed by atoms with van der Waals surface area (Å²) >= 11 is 0. The second-order valence-corrected chi connectivity index (χ2v) is 9.90. The van der Waals surface area contributed by atoms with Crippen molar-refractivity contribution in [3.05, 3.63) is 106 Å². The summed E-state index contributed by atoms with van der Waals surface area (Å²) < 4.78 is 21.1. The van der Waals surface area contributed by atoms with E-state index in [-0.39, 0.29) is 11.9 Å². The van der Waals surface area contributed by atoms with Crippen molar-refractivity contribution >= 4 is 16.5 Å². The fraction of sp³-hybridized carbons (Fsp3) is 0.281. The number of nitrogens with two attached hydrogens (primary N) is 1. The summed E-state index contributed by atoms with van der Waals surface area (Å²) in [6.07, 6.45) is 1.29. The number of aryl methyl sites for hydroxylation is 1. The molecule has 0 aromatic heterocycles. The molecule has 0 fully saturated rings. The van der Waals surface area contributed by atoms with E-state index in [0.717, 1.165) is 70.5 Å². The highest BCUT2D eigenvalue weighted by Crippen LogP contribution is 2.33. The van der Waals surface area contributed by atoms with Gasteiger partial charge in [0.25, 0.3) is 0 Å². The smallest absolute Gasteiger partial charge is 0.127 e. The molecule has 1 heterocycles. The van der Waals surface area contributed by atoms with Gasteiger partial charge < -0.3 is 15.8 Å². The molecule has 4 aromatic rings. The first-order chi connectivity index (χ1) is 18.5. The maximum absolute atomic E-state index is 15.5. The Hall–Kier alpha value is -3.92. The number of hydrogen-bond acceptors (Lipinski definition) is 5. The van der Waals surface area contributed by atoms with Gasteiger partial charge in [0, 0.05) is 49.7 Å². The Labute approximate surface area is 223 Å². The molecule has 0 amide bonds. The first-order valence-corrected chi connectivity index (χ1v) is 13.1. The number of benzene rings is 4. The van der Waals surface area contributed by atoms with Crippen molar-refractivity contribution in [2.24, 2.45) is 5.73 Å². The lowest BCUT2D eigenvalue weighted by Gasteiger charge is -2.33. The standard InChI is InChI=1S/C32H33FN4O/c1-21-4-3-5-27-23(9-11-31(38-2)32(21)27)17-24-7-8-26(18-28(24)33)30(20-35)37-14-12-25-16-22(19-34)6-10-29(25)36-13-15-37/h3-11,16,18,30,36H,12-15,17,20,35H2,1-2H3. The lowest BCUT2D eigenvalue weighted by atomic mass is 9.94. The van der Waals surface area contributed by atoms with Gasteiger partial charge in [0.1, 0.15) is 11.6 Å². The van der Waals surface area contributed by atoms with Crippen LogP contribution in [0.25, 0.3) is 10.8 Å². The molecular weight excluding hydrogens is 475 g/mol. The van der Waals surface area contributed by atoms with Crippen LogP contribution in [-0.4, -0.2) is 38.2 Å². The van der Waals surface area contributed by atoms with Crippen molar-refractivity contribution in [2.75, 3.05) is 38.6 Å². The molecule has 0 radical (unpaired) electrons. The molecule has 0 saturated carbocycles. The molecule has 4 aromatic carbocycles. The van der Waals surface area contributed by atoms with Gasteiger partial charge in [-0.25, -0.2) is 4.39 Å². The monoisotopic (exact) mass is 508 g/mol. The van der Waals surface area contributed by atoms with E-state index in [1.165, 1.54) is 0 Å². The Morgan fingerprint density at radius 3 is 2.68 bits per heavy atom. The molecule has 1 atom stereocenters. The molecule has 0 bridgehead atoms. The van der Waals surface area contributed by atoms with Crippen LogP contribution in [0.4, 0.5) is 10.1 Å². The van der Waals surface area contributed by atoms with Crippen LogP contribution in [0.5, 0.6) is 5.75 Å². The van der Waals surface area contributed by atoms with Crippen molar-refractivity contribution in [1.29, 1.82) is 5.26 Å². The second kappa shape index (κ2) is 11.2. The molecule has 1 unspecified atom stereocenters. The van der Waals surface area contributed by atoms with E-state index in [2.05, 4.69) is 35.3 Å². The fourth-order valence-electron chi connectivity index (χ4n) is 5.62. The van der Waals surface area contributed by atoms with Crippen LogP contribution >= 0.6 is 0 Å². The molecule has 194 valence electrons. The molecule has 0 aliphatic carbocycles. The van der Waals surface area contributed by atoms with Gasteiger partial charge in [0.15, 0.2) is 0 Å². The van der Waals surface area contributed by atoms with Crippen molar-refractivity contribution in [1.82, 2.24) is 4.90 Å². The lowest BCUT2D eigenvalue weighted by molar-refractivity contribution is 0.210. The third-order valence-electron chi connectivity index (χ3n) is 7.64. The second-order valence-electron chi connectivity index (χ2n) is 9.90.